The van der Waals surface area contributed by atoms with Gasteiger partial charge in [0.1, 0.15) is 18.3 Å². The number of carbonyl (C=O) groups is 2. The number of ether oxygens (including phenoxy) is 1. The molecule has 0 unspecified atom stereocenters. The van der Waals surface area contributed by atoms with Crippen LogP contribution in [0.4, 0.5) is 5.69 Å². The van der Waals surface area contributed by atoms with Gasteiger partial charge in [-0.15, -0.1) is 0 Å². The maximum absolute atomic E-state index is 13.5. The summed E-state index contributed by atoms with van der Waals surface area (Å²) in [5, 5.41) is 2.91. The first-order valence-electron chi connectivity index (χ1n) is 11.2. The Kier molecular flexibility index (Phi) is 9.49. The van der Waals surface area contributed by atoms with Crippen LogP contribution < -0.4 is 14.4 Å². The number of aryl methyl sites for hydroxylation is 1. The van der Waals surface area contributed by atoms with Crippen molar-refractivity contribution in [3.8, 4) is 5.75 Å². The van der Waals surface area contributed by atoms with Gasteiger partial charge in [-0.05, 0) is 57.0 Å². The molecule has 0 bridgehead atoms. The molecule has 186 valence electrons. The van der Waals surface area contributed by atoms with Crippen LogP contribution >= 0.6 is 0 Å². The molecule has 0 aliphatic rings. The largest absolute Gasteiger partial charge is 0.497 e. The van der Waals surface area contributed by atoms with E-state index in [0.29, 0.717) is 11.4 Å². The Morgan fingerprint density at radius 2 is 1.74 bits per heavy atom. The molecule has 0 aliphatic carbocycles. The molecule has 2 rings (SSSR count). The summed E-state index contributed by atoms with van der Waals surface area (Å²) >= 11 is 0. The smallest absolute Gasteiger partial charge is 0.244 e. The van der Waals surface area contributed by atoms with Gasteiger partial charge < -0.3 is 15.0 Å². The number of hydrogen-bond donors (Lipinski definition) is 1. The van der Waals surface area contributed by atoms with E-state index in [1.807, 2.05) is 45.0 Å². The lowest BCUT2D eigenvalue weighted by Crippen LogP contribution is -2.52. The van der Waals surface area contributed by atoms with E-state index in [9.17, 15) is 18.0 Å². The summed E-state index contributed by atoms with van der Waals surface area (Å²) in [5.41, 5.74) is 2.22. The van der Waals surface area contributed by atoms with E-state index in [0.717, 1.165) is 28.1 Å². The Hall–Kier alpha value is -3.07. The van der Waals surface area contributed by atoms with Crippen LogP contribution in [-0.2, 0) is 26.2 Å². The zero-order valence-corrected chi connectivity index (χ0v) is 21.6. The van der Waals surface area contributed by atoms with Crippen molar-refractivity contribution in [2.75, 3.05) is 24.2 Å². The van der Waals surface area contributed by atoms with Gasteiger partial charge in [0.2, 0.25) is 21.8 Å². The van der Waals surface area contributed by atoms with Gasteiger partial charge in [0, 0.05) is 12.6 Å². The third-order valence-electron chi connectivity index (χ3n) is 5.64. The molecule has 0 heterocycles. The van der Waals surface area contributed by atoms with Gasteiger partial charge in [-0.3, -0.25) is 13.9 Å². The number of anilines is 1. The quantitative estimate of drug-likeness (QED) is 0.523. The Labute approximate surface area is 202 Å². The number of sulfonamides is 1. The molecular weight excluding hydrogens is 454 g/mol. The van der Waals surface area contributed by atoms with Gasteiger partial charge >= 0.3 is 0 Å². The van der Waals surface area contributed by atoms with Gasteiger partial charge in [-0.2, -0.15) is 0 Å². The minimum Gasteiger partial charge on any atom is -0.497 e. The highest BCUT2D eigenvalue weighted by Gasteiger charge is 2.30. The van der Waals surface area contributed by atoms with Crippen molar-refractivity contribution in [3.63, 3.8) is 0 Å². The molecule has 1 N–H and O–H groups in total. The number of amides is 2. The lowest BCUT2D eigenvalue weighted by Gasteiger charge is -2.32. The summed E-state index contributed by atoms with van der Waals surface area (Å²) in [6.45, 7) is 7.21. The number of benzene rings is 2. The SMILES string of the molecule is CC[C@@H](C)NC(=O)[C@H](C)N(Cc1cccc(C)c1)C(=O)CN(c1ccc(OC)cc1)S(C)(=O)=O. The molecule has 8 nitrogen and oxygen atoms in total. The molecule has 0 radical (unpaired) electrons. The summed E-state index contributed by atoms with van der Waals surface area (Å²) in [6, 6.07) is 13.2. The van der Waals surface area contributed by atoms with Gasteiger partial charge in [-0.25, -0.2) is 8.42 Å². The molecule has 2 aromatic carbocycles. The fraction of sp³-hybridized carbons (Fsp3) is 0.440. The highest BCUT2D eigenvalue weighted by Crippen LogP contribution is 2.22. The number of nitrogens with one attached hydrogen (secondary N) is 1. The summed E-state index contributed by atoms with van der Waals surface area (Å²) in [4.78, 5) is 27.8. The number of rotatable bonds is 11. The molecule has 2 aromatic rings. The van der Waals surface area contributed by atoms with Crippen LogP contribution in [0.15, 0.2) is 48.5 Å². The summed E-state index contributed by atoms with van der Waals surface area (Å²) in [7, 11) is -2.25. The number of hydrogen-bond acceptors (Lipinski definition) is 5. The monoisotopic (exact) mass is 489 g/mol. The average molecular weight is 490 g/mol. The third kappa shape index (κ3) is 7.48. The number of methoxy groups -OCH3 is 1. The van der Waals surface area contributed by atoms with Crippen molar-refractivity contribution in [2.24, 2.45) is 0 Å². The zero-order valence-electron chi connectivity index (χ0n) is 20.7. The molecule has 9 heteroatoms. The van der Waals surface area contributed by atoms with Crippen LogP contribution in [-0.4, -0.2) is 57.1 Å². The second-order valence-electron chi connectivity index (χ2n) is 8.47. The van der Waals surface area contributed by atoms with E-state index in [2.05, 4.69) is 5.32 Å². The van der Waals surface area contributed by atoms with E-state index >= 15 is 0 Å². The zero-order chi connectivity index (χ0) is 25.5. The van der Waals surface area contributed by atoms with Crippen molar-refractivity contribution in [2.45, 2.75) is 52.7 Å². The van der Waals surface area contributed by atoms with Crippen LogP contribution in [0.25, 0.3) is 0 Å². The highest BCUT2D eigenvalue weighted by molar-refractivity contribution is 7.92. The van der Waals surface area contributed by atoms with Crippen LogP contribution in [0.1, 0.15) is 38.3 Å². The lowest BCUT2D eigenvalue weighted by molar-refractivity contribution is -0.139. The first-order valence-corrected chi connectivity index (χ1v) is 13.1. The normalized spacial score (nSPS) is 13.0. The molecule has 0 spiro atoms. The third-order valence-corrected chi connectivity index (χ3v) is 6.78. The van der Waals surface area contributed by atoms with Gasteiger partial charge in [0.05, 0.1) is 19.1 Å². The molecule has 0 aromatic heterocycles. The number of nitrogens with zero attached hydrogens (tertiary/aromatic N) is 2. The van der Waals surface area contributed by atoms with Gasteiger partial charge in [0.15, 0.2) is 0 Å². The minimum atomic E-state index is -3.77. The first-order chi connectivity index (χ1) is 16.0. The van der Waals surface area contributed by atoms with Crippen LogP contribution in [0.3, 0.4) is 0 Å². The van der Waals surface area contributed by atoms with Gasteiger partial charge in [0.25, 0.3) is 0 Å². The fourth-order valence-electron chi connectivity index (χ4n) is 3.42. The molecule has 2 amide bonds. The van der Waals surface area contributed by atoms with Gasteiger partial charge in [-0.1, -0.05) is 36.8 Å². The topological polar surface area (TPSA) is 96.0 Å². The Morgan fingerprint density at radius 3 is 2.26 bits per heavy atom. The van der Waals surface area contributed by atoms with E-state index < -0.39 is 28.5 Å². The Morgan fingerprint density at radius 1 is 1.09 bits per heavy atom. The van der Waals surface area contributed by atoms with E-state index in [1.165, 1.54) is 12.0 Å². The standard InChI is InChI=1S/C25H35N3O5S/c1-7-19(3)26-25(30)20(4)27(16-21-10-8-9-18(2)15-21)24(29)17-28(34(6,31)32)22-11-13-23(33-5)14-12-22/h8-15,19-20H,7,16-17H2,1-6H3,(H,26,30)/t19-,20+/m1/s1. The van der Waals surface area contributed by atoms with Crippen LogP contribution in [0.2, 0.25) is 0 Å². The number of carbonyl (C=O) groups excluding carboxylic acids is 2. The lowest BCUT2D eigenvalue weighted by atomic mass is 10.1. The second-order valence-corrected chi connectivity index (χ2v) is 10.4. The predicted octanol–water partition coefficient (Wildman–Crippen LogP) is 3.10. The Balaban J connectivity index is 2.37. The van der Waals surface area contributed by atoms with E-state index in [-0.39, 0.29) is 18.5 Å². The molecule has 2 atom stereocenters. The van der Waals surface area contributed by atoms with E-state index in [1.54, 1.807) is 31.2 Å². The second kappa shape index (κ2) is 11.9. The van der Waals surface area contributed by atoms with Crippen molar-refractivity contribution in [1.29, 1.82) is 0 Å². The molecule has 0 saturated carbocycles. The van der Waals surface area contributed by atoms with Crippen molar-refractivity contribution < 1.29 is 22.7 Å². The Bertz CT molecular complexity index is 1090. The summed E-state index contributed by atoms with van der Waals surface area (Å²) in [6.07, 6.45) is 1.80. The fourth-order valence-corrected chi connectivity index (χ4v) is 4.27. The summed E-state index contributed by atoms with van der Waals surface area (Å²) < 4.78 is 31.3. The first kappa shape index (κ1) is 27.2. The summed E-state index contributed by atoms with van der Waals surface area (Å²) in [5.74, 6) is -0.194. The van der Waals surface area contributed by atoms with Crippen LogP contribution in [0.5, 0.6) is 5.75 Å². The van der Waals surface area contributed by atoms with Crippen molar-refractivity contribution in [1.82, 2.24) is 10.2 Å². The minimum absolute atomic E-state index is 0.0438. The average Bonchev–Trinajstić information content (AvgIpc) is 2.79. The predicted molar refractivity (Wildman–Crippen MR) is 134 cm³/mol. The molecule has 34 heavy (non-hydrogen) atoms. The molecule has 0 aliphatic heterocycles. The van der Waals surface area contributed by atoms with Crippen molar-refractivity contribution >= 4 is 27.5 Å². The maximum Gasteiger partial charge on any atom is 0.244 e. The van der Waals surface area contributed by atoms with Crippen molar-refractivity contribution in [3.05, 3.63) is 59.7 Å². The highest BCUT2D eigenvalue weighted by atomic mass is 32.2. The molecule has 0 fully saturated rings. The van der Waals surface area contributed by atoms with E-state index in [4.69, 9.17) is 4.74 Å². The molecular formula is C25H35N3O5S. The maximum atomic E-state index is 13.5. The van der Waals surface area contributed by atoms with Crippen LogP contribution in [0, 0.1) is 6.92 Å². The molecule has 0 saturated heterocycles.